The SMILES string of the molecule is COc1ccc(C=C2S(=O)CCCS2=O)cc1. The zero-order valence-corrected chi connectivity index (χ0v) is 11.2. The van der Waals surface area contributed by atoms with E-state index in [-0.39, 0.29) is 0 Å². The molecule has 2 unspecified atom stereocenters. The maximum absolute atomic E-state index is 11.8. The summed E-state index contributed by atoms with van der Waals surface area (Å²) in [5.74, 6) is 2.01. The molecule has 92 valence electrons. The highest BCUT2D eigenvalue weighted by Gasteiger charge is 2.20. The zero-order valence-electron chi connectivity index (χ0n) is 9.55. The maximum atomic E-state index is 11.8. The molecule has 0 radical (unpaired) electrons. The highest BCUT2D eigenvalue weighted by atomic mass is 32.2. The van der Waals surface area contributed by atoms with E-state index in [1.807, 2.05) is 24.3 Å². The van der Waals surface area contributed by atoms with Crippen LogP contribution in [0.25, 0.3) is 6.08 Å². The molecule has 0 saturated carbocycles. The minimum Gasteiger partial charge on any atom is -0.497 e. The molecule has 0 aromatic heterocycles. The minimum atomic E-state index is -1.09. The van der Waals surface area contributed by atoms with Gasteiger partial charge < -0.3 is 4.74 Å². The second-order valence-corrected chi connectivity index (χ2v) is 7.03. The van der Waals surface area contributed by atoms with E-state index >= 15 is 0 Å². The van der Waals surface area contributed by atoms with Crippen molar-refractivity contribution in [2.24, 2.45) is 0 Å². The summed E-state index contributed by atoms with van der Waals surface area (Å²) in [6.45, 7) is 0. The lowest BCUT2D eigenvalue weighted by atomic mass is 10.2. The summed E-state index contributed by atoms with van der Waals surface area (Å²) >= 11 is 0. The molecular weight excluding hydrogens is 256 g/mol. The fourth-order valence-electron chi connectivity index (χ4n) is 1.59. The molecule has 0 bridgehead atoms. The van der Waals surface area contributed by atoms with Crippen LogP contribution < -0.4 is 4.74 Å². The molecule has 1 fully saturated rings. The summed E-state index contributed by atoms with van der Waals surface area (Å²) < 4.78 is 29.1. The third kappa shape index (κ3) is 3.04. The van der Waals surface area contributed by atoms with Crippen LogP contribution in [0, 0.1) is 0 Å². The van der Waals surface area contributed by atoms with Crippen molar-refractivity contribution in [3.05, 3.63) is 34.1 Å². The van der Waals surface area contributed by atoms with Crippen molar-refractivity contribution in [1.29, 1.82) is 0 Å². The molecule has 1 aliphatic heterocycles. The van der Waals surface area contributed by atoms with E-state index in [2.05, 4.69) is 0 Å². The van der Waals surface area contributed by atoms with E-state index in [0.717, 1.165) is 17.7 Å². The highest BCUT2D eigenvalue weighted by Crippen LogP contribution is 2.21. The molecule has 2 rings (SSSR count). The van der Waals surface area contributed by atoms with E-state index in [4.69, 9.17) is 4.74 Å². The van der Waals surface area contributed by atoms with Gasteiger partial charge in [-0.15, -0.1) is 0 Å². The molecule has 1 aromatic carbocycles. The quantitative estimate of drug-likeness (QED) is 0.824. The Morgan fingerprint density at radius 1 is 1.12 bits per heavy atom. The second kappa shape index (κ2) is 5.60. The van der Waals surface area contributed by atoms with E-state index in [9.17, 15) is 8.42 Å². The van der Waals surface area contributed by atoms with Gasteiger partial charge in [-0.2, -0.15) is 0 Å². The minimum absolute atomic E-state index is 0.557. The lowest BCUT2D eigenvalue weighted by Crippen LogP contribution is -2.16. The Bertz CT molecular complexity index is 459. The fourth-order valence-corrected chi connectivity index (χ4v) is 4.86. The fraction of sp³-hybridized carbons (Fsp3) is 0.333. The number of hydrogen-bond donors (Lipinski definition) is 0. The first kappa shape index (κ1) is 12.5. The molecule has 3 nitrogen and oxygen atoms in total. The molecule has 17 heavy (non-hydrogen) atoms. The van der Waals surface area contributed by atoms with Crippen LogP contribution in [-0.2, 0) is 21.6 Å². The van der Waals surface area contributed by atoms with Crippen molar-refractivity contribution in [3.63, 3.8) is 0 Å². The molecule has 5 heteroatoms. The van der Waals surface area contributed by atoms with Gasteiger partial charge in [0.2, 0.25) is 0 Å². The van der Waals surface area contributed by atoms with Gasteiger partial charge in [0.25, 0.3) is 0 Å². The molecule has 0 spiro atoms. The Morgan fingerprint density at radius 2 is 1.71 bits per heavy atom. The average Bonchev–Trinajstić information content (AvgIpc) is 2.35. The van der Waals surface area contributed by atoms with Crippen molar-refractivity contribution in [1.82, 2.24) is 0 Å². The number of benzene rings is 1. The summed E-state index contributed by atoms with van der Waals surface area (Å²) in [4.78, 5) is 0. The van der Waals surface area contributed by atoms with Gasteiger partial charge in [0.05, 0.1) is 28.7 Å². The first-order chi connectivity index (χ1) is 8.20. The predicted molar refractivity (Wildman–Crippen MR) is 71.6 cm³/mol. The van der Waals surface area contributed by atoms with E-state index < -0.39 is 21.6 Å². The van der Waals surface area contributed by atoms with Crippen LogP contribution >= 0.6 is 0 Å². The summed E-state index contributed by atoms with van der Waals surface area (Å²) in [6.07, 6.45) is 2.55. The molecule has 0 N–H and O–H groups in total. The largest absolute Gasteiger partial charge is 0.497 e. The molecule has 0 aliphatic carbocycles. The Labute approximate surface area is 106 Å². The standard InChI is InChI=1S/C12H14O3S2/c1-15-11-5-3-10(4-6-11)9-12-16(13)7-2-8-17(12)14/h3-6,9H,2,7-8H2,1H3. The third-order valence-corrected chi connectivity index (χ3v) is 6.08. The first-order valence-corrected chi connectivity index (χ1v) is 7.97. The maximum Gasteiger partial charge on any atom is 0.118 e. The van der Waals surface area contributed by atoms with Gasteiger partial charge in [-0.05, 0) is 30.2 Å². The van der Waals surface area contributed by atoms with Crippen molar-refractivity contribution < 1.29 is 13.2 Å². The van der Waals surface area contributed by atoms with Crippen LogP contribution in [-0.4, -0.2) is 27.0 Å². The molecular formula is C12H14O3S2. The number of rotatable bonds is 2. The lowest BCUT2D eigenvalue weighted by Gasteiger charge is -2.12. The Kier molecular flexibility index (Phi) is 4.12. The highest BCUT2D eigenvalue weighted by molar-refractivity contribution is 8.09. The van der Waals surface area contributed by atoms with Crippen LogP contribution in [0.5, 0.6) is 5.75 Å². The normalized spacial score (nSPS) is 24.4. The summed E-state index contributed by atoms with van der Waals surface area (Å²) in [5, 5.41) is 0. The van der Waals surface area contributed by atoms with Crippen LogP contribution in [0.15, 0.2) is 28.5 Å². The summed E-state index contributed by atoms with van der Waals surface area (Å²) in [6, 6.07) is 7.41. The van der Waals surface area contributed by atoms with Gasteiger partial charge in [-0.3, -0.25) is 8.42 Å². The monoisotopic (exact) mass is 270 g/mol. The Morgan fingerprint density at radius 3 is 2.24 bits per heavy atom. The Hall–Kier alpha value is -0.940. The molecule has 1 aromatic rings. The molecule has 1 aliphatic rings. The second-order valence-electron chi connectivity index (χ2n) is 3.69. The van der Waals surface area contributed by atoms with Gasteiger partial charge in [0.1, 0.15) is 9.99 Å². The smallest absolute Gasteiger partial charge is 0.118 e. The first-order valence-electron chi connectivity index (χ1n) is 5.33. The van der Waals surface area contributed by atoms with Crippen molar-refractivity contribution in [2.75, 3.05) is 18.6 Å². The van der Waals surface area contributed by atoms with Crippen LogP contribution in [0.1, 0.15) is 12.0 Å². The summed E-state index contributed by atoms with van der Waals surface area (Å²) in [5.41, 5.74) is 0.907. The van der Waals surface area contributed by atoms with Crippen molar-refractivity contribution >= 4 is 27.7 Å². The third-order valence-electron chi connectivity index (χ3n) is 2.51. The van der Waals surface area contributed by atoms with Crippen molar-refractivity contribution in [2.45, 2.75) is 6.42 Å². The van der Waals surface area contributed by atoms with Gasteiger partial charge in [0.15, 0.2) is 0 Å². The Balaban J connectivity index is 2.27. The van der Waals surface area contributed by atoms with Gasteiger partial charge in [0, 0.05) is 11.5 Å². The average molecular weight is 270 g/mol. The van der Waals surface area contributed by atoms with Gasteiger partial charge >= 0.3 is 0 Å². The van der Waals surface area contributed by atoms with Crippen molar-refractivity contribution in [3.8, 4) is 5.75 Å². The molecule has 2 atom stereocenters. The van der Waals surface area contributed by atoms with Crippen LogP contribution in [0.2, 0.25) is 0 Å². The number of ether oxygens (including phenoxy) is 1. The predicted octanol–water partition coefficient (Wildman–Crippen LogP) is 1.89. The van der Waals surface area contributed by atoms with E-state index in [0.29, 0.717) is 15.7 Å². The topological polar surface area (TPSA) is 43.4 Å². The van der Waals surface area contributed by atoms with Gasteiger partial charge in [-0.25, -0.2) is 0 Å². The molecule has 1 heterocycles. The van der Waals surface area contributed by atoms with Gasteiger partial charge in [-0.1, -0.05) is 12.1 Å². The zero-order chi connectivity index (χ0) is 12.3. The summed E-state index contributed by atoms with van der Waals surface area (Å²) in [7, 11) is -0.562. The van der Waals surface area contributed by atoms with E-state index in [1.54, 1.807) is 13.2 Å². The molecule has 1 saturated heterocycles. The van der Waals surface area contributed by atoms with Crippen LogP contribution in [0.3, 0.4) is 0 Å². The van der Waals surface area contributed by atoms with E-state index in [1.165, 1.54) is 0 Å². The molecule has 0 amide bonds. The lowest BCUT2D eigenvalue weighted by molar-refractivity contribution is 0.415. The number of hydrogen-bond acceptors (Lipinski definition) is 3. The number of methoxy groups -OCH3 is 1. The van der Waals surface area contributed by atoms with Crippen LogP contribution in [0.4, 0.5) is 0 Å².